The molecule has 6 aliphatic rings. The number of carbonyl (C=O) groups is 6. The molecular weight excluding hydrogens is 1520 g/mol. The maximum absolute atomic E-state index is 16.8. The number of phenols is 2. The predicted molar refractivity (Wildman–Crippen MR) is 420 cm³/mol. The van der Waals surface area contributed by atoms with Gasteiger partial charge in [0.05, 0.1) is 75.3 Å². The Morgan fingerprint density at radius 1 is 0.364 bits per heavy atom. The normalized spacial score (nSPS) is 17.3. The largest absolute Gasteiger partial charge is 0.508 e. The molecule has 19 rings (SSSR count). The summed E-state index contributed by atoms with van der Waals surface area (Å²) in [5, 5.41) is 21.7. The number of phenolic OH excluding ortho intramolecular Hbond substituents is 2. The van der Waals surface area contributed by atoms with Gasteiger partial charge in [-0.05, 0) is 108 Å². The SMILES string of the molecule is COc1cnccc1OC(=O)C(Cc1ccc(O)cc1)N1C(=O)c2cc(Oc3cccc(OCC4CO4)c3)c3c4c(Oc5cccc(OCC6CO6)c5)cc5c6c(cc(Oc7cccc(OCC8CO8)c7)c(c7c(Oc8cccc(OCC9CO9)c8)cc(c2c37)C1=O)c64)C(=O)N(C(Cc1ccc(O)cc1)C(=O)Oc1ccncc1OC)C5=O. The van der Waals surface area contributed by atoms with Crippen molar-refractivity contribution in [3.8, 4) is 103 Å². The van der Waals surface area contributed by atoms with Crippen molar-refractivity contribution in [2.75, 3.05) is 67.1 Å². The van der Waals surface area contributed by atoms with Crippen LogP contribution in [0.2, 0.25) is 0 Å². The molecule has 0 saturated carbocycles. The standard InChI is InChI=1S/C90H68N4O24/c1-103-75-37-91-25-23-69(75)117-89(101)67(27-47-15-19-49(95)20-16-47)93-85(97)63-33-71(113-55-11-3-7-51(29-55)105-39-59-43-109-59)79-81-73(115-57-13-5-9-53(31-57)107-41-61-45-111-61)35-65-78-66(88(100)94(87(65)99)68(28-48-17-21-50(96)22-18-48)90(102)118-70-24-26-92-38-76(70)104-2)36-74(116-58-14-6-10-54(32-58)108-42-62-46-112-62)82(84(78)81)80-72(34-64(86(93)98)77(63)83(79)80)114-56-12-4-8-52(30-56)106-40-60-44-110-60/h3-26,29-38,59-62,67-68,95-96H,27-28,39-46H2,1-2H3. The number of nitrogens with zero attached hydrogens (tertiary/aromatic N) is 4. The first-order chi connectivity index (χ1) is 57.6. The van der Waals surface area contributed by atoms with Gasteiger partial charge in [-0.3, -0.25) is 38.9 Å². The Balaban J connectivity index is 0.921. The fourth-order valence-corrected chi connectivity index (χ4v) is 14.7. The number of rotatable bonds is 32. The maximum Gasteiger partial charge on any atom is 0.335 e. The average molecular weight is 1590 g/mol. The van der Waals surface area contributed by atoms with Gasteiger partial charge < -0.3 is 86.0 Å². The highest BCUT2D eigenvalue weighted by Crippen LogP contribution is 2.59. The number of epoxide rings is 4. The molecule has 0 bridgehead atoms. The van der Waals surface area contributed by atoms with Crippen LogP contribution in [0, 0.1) is 0 Å². The summed E-state index contributed by atoms with van der Waals surface area (Å²) >= 11 is 0. The summed E-state index contributed by atoms with van der Waals surface area (Å²) < 4.78 is 100. The Morgan fingerprint density at radius 2 is 0.644 bits per heavy atom. The molecule has 592 valence electrons. The number of esters is 2. The van der Waals surface area contributed by atoms with E-state index in [0.717, 1.165) is 9.80 Å². The molecule has 6 atom stereocenters. The minimum Gasteiger partial charge on any atom is -0.508 e. The van der Waals surface area contributed by atoms with Crippen LogP contribution in [-0.4, -0.2) is 169 Å². The molecule has 2 N–H and O–H groups in total. The van der Waals surface area contributed by atoms with Gasteiger partial charge in [-0.25, -0.2) is 9.59 Å². The number of pyridine rings is 2. The highest BCUT2D eigenvalue weighted by atomic mass is 16.6. The summed E-state index contributed by atoms with van der Waals surface area (Å²) in [5.74, 6) is -4.87. The maximum atomic E-state index is 16.8. The second kappa shape index (κ2) is 30.8. The first-order valence-electron chi connectivity index (χ1n) is 37.8. The molecular formula is C90H68N4O24. The number of benzene rings is 11. The third-order valence-corrected chi connectivity index (χ3v) is 20.7. The molecule has 28 nitrogen and oxygen atoms in total. The van der Waals surface area contributed by atoms with Gasteiger partial charge in [0.15, 0.2) is 23.0 Å². The summed E-state index contributed by atoms with van der Waals surface area (Å²) in [4.78, 5) is 108. The van der Waals surface area contributed by atoms with E-state index in [4.69, 9.17) is 75.8 Å². The second-order valence-corrected chi connectivity index (χ2v) is 28.7. The fourth-order valence-electron chi connectivity index (χ4n) is 14.7. The van der Waals surface area contributed by atoms with E-state index >= 15 is 28.8 Å². The van der Waals surface area contributed by atoms with Gasteiger partial charge in [-0.2, -0.15) is 0 Å². The summed E-state index contributed by atoms with van der Waals surface area (Å²) in [6.07, 6.45) is 4.05. The van der Waals surface area contributed by atoms with Crippen LogP contribution in [0.4, 0.5) is 0 Å². The number of aromatic nitrogens is 2. The number of hydrogen-bond donors (Lipinski definition) is 2. The molecule has 6 aliphatic heterocycles. The zero-order valence-corrected chi connectivity index (χ0v) is 62.8. The zero-order chi connectivity index (χ0) is 80.4. The summed E-state index contributed by atoms with van der Waals surface area (Å²) in [6, 6.07) is 43.7. The molecule has 0 spiro atoms. The van der Waals surface area contributed by atoms with Gasteiger partial charge in [0.2, 0.25) is 0 Å². The van der Waals surface area contributed by atoms with E-state index in [9.17, 15) is 10.2 Å². The Bertz CT molecular complexity index is 5580. The summed E-state index contributed by atoms with van der Waals surface area (Å²) in [5.41, 5.74) is 0.0261. The van der Waals surface area contributed by atoms with Crippen molar-refractivity contribution in [1.82, 2.24) is 19.8 Å². The molecule has 4 fully saturated rings. The molecule has 0 radical (unpaired) electrons. The number of ether oxygens (including phenoxy) is 16. The van der Waals surface area contributed by atoms with E-state index in [1.165, 1.54) is 99.7 Å². The van der Waals surface area contributed by atoms with Crippen LogP contribution in [0.1, 0.15) is 52.6 Å². The molecule has 4 saturated heterocycles. The number of imide groups is 2. The number of aromatic hydroxyl groups is 2. The summed E-state index contributed by atoms with van der Waals surface area (Å²) in [6.45, 7) is 2.75. The van der Waals surface area contributed by atoms with E-state index in [2.05, 4.69) is 9.97 Å². The lowest BCUT2D eigenvalue weighted by Gasteiger charge is -2.35. The number of carbonyl (C=O) groups excluding carboxylic acids is 6. The molecule has 2 aromatic heterocycles. The van der Waals surface area contributed by atoms with E-state index in [1.54, 1.807) is 121 Å². The minimum absolute atomic E-state index is 0.00221. The number of amides is 4. The van der Waals surface area contributed by atoms with E-state index < -0.39 is 47.7 Å². The van der Waals surface area contributed by atoms with Crippen LogP contribution in [0.5, 0.6) is 103 Å². The molecule has 118 heavy (non-hydrogen) atoms. The van der Waals surface area contributed by atoms with Crippen LogP contribution in [0.3, 0.4) is 0 Å². The first kappa shape index (κ1) is 73.8. The highest BCUT2D eigenvalue weighted by molar-refractivity contribution is 6.45. The van der Waals surface area contributed by atoms with Crippen molar-refractivity contribution >= 4 is 78.7 Å². The lowest BCUT2D eigenvalue weighted by Crippen LogP contribution is -2.53. The monoisotopic (exact) mass is 1590 g/mol. The number of methoxy groups -OCH3 is 2. The van der Waals surface area contributed by atoms with Crippen LogP contribution in [0.25, 0.3) is 43.1 Å². The van der Waals surface area contributed by atoms with Gasteiger partial charge in [0, 0.05) is 105 Å². The van der Waals surface area contributed by atoms with Gasteiger partial charge in [-0.15, -0.1) is 0 Å². The second-order valence-electron chi connectivity index (χ2n) is 28.7. The van der Waals surface area contributed by atoms with Crippen molar-refractivity contribution in [3.05, 3.63) is 240 Å². The molecule has 4 amide bonds. The van der Waals surface area contributed by atoms with Crippen molar-refractivity contribution in [1.29, 1.82) is 0 Å². The van der Waals surface area contributed by atoms with Crippen molar-refractivity contribution in [3.63, 3.8) is 0 Å². The Labute approximate surface area is 670 Å². The molecule has 8 heterocycles. The zero-order valence-electron chi connectivity index (χ0n) is 62.8. The minimum atomic E-state index is -1.79. The van der Waals surface area contributed by atoms with E-state index in [-0.39, 0.29) is 210 Å². The lowest BCUT2D eigenvalue weighted by molar-refractivity contribution is -0.139. The van der Waals surface area contributed by atoms with Gasteiger partial charge >= 0.3 is 11.9 Å². The molecule has 0 aliphatic carbocycles. The fraction of sp³-hybridized carbons (Fsp3) is 0.200. The number of hydrogen-bond acceptors (Lipinski definition) is 26. The smallest absolute Gasteiger partial charge is 0.335 e. The van der Waals surface area contributed by atoms with E-state index in [0.29, 0.717) is 60.6 Å². The topological polar surface area (TPSA) is 336 Å². The predicted octanol–water partition coefficient (Wildman–Crippen LogP) is 13.9. The molecule has 28 heteroatoms. The van der Waals surface area contributed by atoms with Gasteiger partial charge in [0.1, 0.15) is 143 Å². The van der Waals surface area contributed by atoms with Gasteiger partial charge in [-0.1, -0.05) is 48.5 Å². The van der Waals surface area contributed by atoms with Crippen LogP contribution >= 0.6 is 0 Å². The molecule has 6 unspecified atom stereocenters. The lowest BCUT2D eigenvalue weighted by atomic mass is 9.80. The highest BCUT2D eigenvalue weighted by Gasteiger charge is 2.48. The first-order valence-corrected chi connectivity index (χ1v) is 37.8. The quantitative estimate of drug-likeness (QED) is 0.0130. The molecule has 11 aromatic carbocycles. The summed E-state index contributed by atoms with van der Waals surface area (Å²) in [7, 11) is 2.71. The Kier molecular flexibility index (Phi) is 19.3. The van der Waals surface area contributed by atoms with Crippen LogP contribution in [-0.2, 0) is 41.4 Å². The van der Waals surface area contributed by atoms with Crippen molar-refractivity contribution < 1.29 is 115 Å². The van der Waals surface area contributed by atoms with Crippen molar-refractivity contribution in [2.45, 2.75) is 49.3 Å². The van der Waals surface area contributed by atoms with E-state index in [1.807, 2.05) is 0 Å². The van der Waals surface area contributed by atoms with Crippen LogP contribution < -0.4 is 56.8 Å². The van der Waals surface area contributed by atoms with Gasteiger partial charge in [0.25, 0.3) is 23.6 Å². The Morgan fingerprint density at radius 3 is 0.915 bits per heavy atom. The molecule has 13 aromatic rings. The Hall–Kier alpha value is -14.3. The third-order valence-electron chi connectivity index (χ3n) is 20.7. The number of fused-ring (bicyclic) bond motifs is 2. The average Bonchev–Trinajstić information content (AvgIpc) is 0.697. The third kappa shape index (κ3) is 14.8. The van der Waals surface area contributed by atoms with Crippen LogP contribution in [0.15, 0.2) is 207 Å². The van der Waals surface area contributed by atoms with Crippen molar-refractivity contribution in [2.24, 2.45) is 0 Å².